The van der Waals surface area contributed by atoms with Crippen LogP contribution in [0.2, 0.25) is 0 Å². The predicted octanol–water partition coefficient (Wildman–Crippen LogP) is 2.94. The van der Waals surface area contributed by atoms with Crippen LogP contribution in [-0.4, -0.2) is 16.1 Å². The van der Waals surface area contributed by atoms with Gasteiger partial charge in [0.15, 0.2) is 5.01 Å². The quantitative estimate of drug-likeness (QED) is 0.904. The van der Waals surface area contributed by atoms with E-state index in [1.54, 1.807) is 0 Å². The fourth-order valence-electron chi connectivity index (χ4n) is 1.37. The summed E-state index contributed by atoms with van der Waals surface area (Å²) in [7, 11) is 0. The molecule has 0 atom stereocenters. The molecule has 1 aromatic heterocycles. The van der Waals surface area contributed by atoms with Crippen molar-refractivity contribution < 1.29 is 23.1 Å². The summed E-state index contributed by atoms with van der Waals surface area (Å²) < 4.78 is 37.5. The highest BCUT2D eigenvalue weighted by molar-refractivity contribution is 7.18. The number of fused-ring (bicyclic) bond motifs is 1. The molecule has 90 valence electrons. The number of aliphatic carboxylic acids is 1. The summed E-state index contributed by atoms with van der Waals surface area (Å²) in [5.41, 5.74) is 0.693. The number of rotatable bonds is 2. The summed E-state index contributed by atoms with van der Waals surface area (Å²) >= 11 is 0.516. The predicted molar refractivity (Wildman–Crippen MR) is 56.0 cm³/mol. The molecule has 17 heavy (non-hydrogen) atoms. The van der Waals surface area contributed by atoms with E-state index in [1.807, 2.05) is 0 Å². The Bertz CT molecular complexity index is 576. The first-order chi connectivity index (χ1) is 7.86. The van der Waals surface area contributed by atoms with Crippen LogP contribution in [0.15, 0.2) is 18.2 Å². The van der Waals surface area contributed by atoms with E-state index in [0.717, 1.165) is 0 Å². The maximum Gasteiger partial charge on any atom is 0.443 e. The zero-order chi connectivity index (χ0) is 12.6. The van der Waals surface area contributed by atoms with E-state index in [-0.39, 0.29) is 11.9 Å². The number of thiazole rings is 1. The topological polar surface area (TPSA) is 50.2 Å². The maximum atomic E-state index is 12.4. The molecule has 0 aliphatic heterocycles. The van der Waals surface area contributed by atoms with Gasteiger partial charge in [-0.3, -0.25) is 4.79 Å². The molecule has 2 rings (SSSR count). The average molecular weight is 261 g/mol. The minimum absolute atomic E-state index is 0.213. The number of carboxylic acid groups (broad SMARTS) is 1. The molecule has 0 aliphatic carbocycles. The minimum Gasteiger partial charge on any atom is -0.481 e. The Morgan fingerprint density at radius 3 is 2.71 bits per heavy atom. The first-order valence-corrected chi connectivity index (χ1v) is 5.36. The molecule has 0 unspecified atom stereocenters. The van der Waals surface area contributed by atoms with Crippen molar-refractivity contribution in [2.45, 2.75) is 12.6 Å². The van der Waals surface area contributed by atoms with Crippen molar-refractivity contribution in [3.05, 3.63) is 28.8 Å². The minimum atomic E-state index is -4.46. The first-order valence-electron chi connectivity index (χ1n) is 4.55. The number of halogens is 3. The number of nitrogens with zero attached hydrogens (tertiary/aromatic N) is 1. The summed E-state index contributed by atoms with van der Waals surface area (Å²) in [4.78, 5) is 13.9. The lowest BCUT2D eigenvalue weighted by molar-refractivity contribution is -0.137. The number of carboxylic acids is 1. The number of alkyl halides is 3. The Morgan fingerprint density at radius 1 is 1.41 bits per heavy atom. The maximum absolute atomic E-state index is 12.4. The van der Waals surface area contributed by atoms with Gasteiger partial charge in [0, 0.05) is 0 Å². The van der Waals surface area contributed by atoms with Gasteiger partial charge in [0.25, 0.3) is 0 Å². The third kappa shape index (κ3) is 2.55. The molecule has 0 aliphatic rings. The fourth-order valence-corrected chi connectivity index (χ4v) is 2.27. The number of benzene rings is 1. The van der Waals surface area contributed by atoms with Crippen molar-refractivity contribution in [3.8, 4) is 0 Å². The van der Waals surface area contributed by atoms with Gasteiger partial charge in [0.05, 0.1) is 16.6 Å². The molecule has 0 amide bonds. The fraction of sp³-hybridized carbons (Fsp3) is 0.200. The van der Waals surface area contributed by atoms with Gasteiger partial charge < -0.3 is 5.11 Å². The second kappa shape index (κ2) is 3.99. The molecular formula is C10H6F3NO2S. The van der Waals surface area contributed by atoms with Crippen molar-refractivity contribution in [3.63, 3.8) is 0 Å². The molecule has 0 saturated carbocycles. The third-order valence-electron chi connectivity index (χ3n) is 2.05. The van der Waals surface area contributed by atoms with E-state index in [2.05, 4.69) is 4.98 Å². The second-order valence-electron chi connectivity index (χ2n) is 3.39. The summed E-state index contributed by atoms with van der Waals surface area (Å²) in [5.74, 6) is -1.02. The van der Waals surface area contributed by atoms with Gasteiger partial charge in [-0.15, -0.1) is 11.3 Å². The van der Waals surface area contributed by atoms with Crippen LogP contribution >= 0.6 is 11.3 Å². The lowest BCUT2D eigenvalue weighted by Crippen LogP contribution is -2.03. The SMILES string of the molecule is O=C(O)Cc1ccc2nc(C(F)(F)F)sc2c1. The molecule has 0 bridgehead atoms. The Morgan fingerprint density at radius 2 is 2.12 bits per heavy atom. The highest BCUT2D eigenvalue weighted by atomic mass is 32.1. The van der Waals surface area contributed by atoms with Crippen LogP contribution in [0, 0.1) is 0 Å². The van der Waals surface area contributed by atoms with Crippen LogP contribution < -0.4 is 0 Å². The van der Waals surface area contributed by atoms with Crippen molar-refractivity contribution in [2.75, 3.05) is 0 Å². The zero-order valence-corrected chi connectivity index (χ0v) is 9.10. The highest BCUT2D eigenvalue weighted by Gasteiger charge is 2.34. The van der Waals surface area contributed by atoms with E-state index in [0.29, 0.717) is 21.6 Å². The van der Waals surface area contributed by atoms with Crippen LogP contribution in [-0.2, 0) is 17.4 Å². The number of hydrogen-bond donors (Lipinski definition) is 1. The second-order valence-corrected chi connectivity index (χ2v) is 4.42. The van der Waals surface area contributed by atoms with Gasteiger partial charge in [-0.25, -0.2) is 4.98 Å². The zero-order valence-electron chi connectivity index (χ0n) is 8.28. The average Bonchev–Trinajstić information content (AvgIpc) is 2.58. The number of hydrogen-bond acceptors (Lipinski definition) is 3. The molecule has 1 heterocycles. The van der Waals surface area contributed by atoms with E-state index < -0.39 is 17.2 Å². The van der Waals surface area contributed by atoms with Crippen LogP contribution in [0.1, 0.15) is 10.6 Å². The molecular weight excluding hydrogens is 255 g/mol. The molecule has 0 fully saturated rings. The standard InChI is InChI=1S/C10H6F3NO2S/c11-10(12,13)9-14-6-2-1-5(4-8(15)16)3-7(6)17-9/h1-3H,4H2,(H,15,16). The third-order valence-corrected chi connectivity index (χ3v) is 3.11. The summed E-state index contributed by atoms with van der Waals surface area (Å²) in [6.45, 7) is 0. The van der Waals surface area contributed by atoms with Crippen molar-refractivity contribution in [1.82, 2.24) is 4.98 Å². The monoisotopic (exact) mass is 261 g/mol. The Labute approximate surface area is 97.5 Å². The van der Waals surface area contributed by atoms with Gasteiger partial charge in [0.2, 0.25) is 0 Å². The summed E-state index contributed by atoms with van der Waals surface area (Å²) in [6, 6.07) is 4.30. The Balaban J connectivity index is 2.44. The lowest BCUT2D eigenvalue weighted by atomic mass is 10.1. The van der Waals surface area contributed by atoms with E-state index >= 15 is 0 Å². The molecule has 7 heteroatoms. The van der Waals surface area contributed by atoms with Gasteiger partial charge in [-0.05, 0) is 17.7 Å². The molecule has 0 spiro atoms. The van der Waals surface area contributed by atoms with Crippen LogP contribution in [0.4, 0.5) is 13.2 Å². The largest absolute Gasteiger partial charge is 0.481 e. The van der Waals surface area contributed by atoms with Gasteiger partial charge in [0.1, 0.15) is 0 Å². The first kappa shape index (κ1) is 11.8. The van der Waals surface area contributed by atoms with Crippen molar-refractivity contribution in [2.24, 2.45) is 0 Å². The smallest absolute Gasteiger partial charge is 0.443 e. The van der Waals surface area contributed by atoms with Gasteiger partial charge >= 0.3 is 12.1 Å². The normalized spacial score (nSPS) is 11.9. The van der Waals surface area contributed by atoms with Crippen molar-refractivity contribution >= 4 is 27.5 Å². The molecule has 2 aromatic rings. The van der Waals surface area contributed by atoms with Crippen LogP contribution in [0.3, 0.4) is 0 Å². The van der Waals surface area contributed by atoms with Crippen LogP contribution in [0.25, 0.3) is 10.2 Å². The molecule has 0 radical (unpaired) electrons. The van der Waals surface area contributed by atoms with Crippen molar-refractivity contribution in [1.29, 1.82) is 0 Å². The lowest BCUT2D eigenvalue weighted by Gasteiger charge is -1.98. The van der Waals surface area contributed by atoms with Gasteiger partial charge in [-0.2, -0.15) is 13.2 Å². The van der Waals surface area contributed by atoms with E-state index in [4.69, 9.17) is 5.11 Å². The van der Waals surface area contributed by atoms with E-state index in [1.165, 1.54) is 18.2 Å². The van der Waals surface area contributed by atoms with Crippen LogP contribution in [0.5, 0.6) is 0 Å². The van der Waals surface area contributed by atoms with E-state index in [9.17, 15) is 18.0 Å². The highest BCUT2D eigenvalue weighted by Crippen LogP contribution is 2.35. The Hall–Kier alpha value is -1.63. The number of aromatic nitrogens is 1. The Kier molecular flexibility index (Phi) is 2.78. The molecule has 0 saturated heterocycles. The molecule has 1 N–H and O–H groups in total. The molecule has 3 nitrogen and oxygen atoms in total. The summed E-state index contributed by atoms with van der Waals surface area (Å²) in [5, 5.41) is 7.66. The van der Waals surface area contributed by atoms with Gasteiger partial charge in [-0.1, -0.05) is 6.07 Å². The number of carbonyl (C=O) groups is 1. The molecule has 1 aromatic carbocycles. The summed E-state index contributed by atoms with van der Waals surface area (Å²) in [6.07, 6.45) is -4.67.